The molecule has 0 aliphatic carbocycles. The lowest BCUT2D eigenvalue weighted by Gasteiger charge is -2.29. The largest absolute Gasteiger partial charge is 0.350 e. The standard InChI is InChI=1S/C17H15ClN2/c18-14-7-8-16-13(10-14)6-9-17-19-15(11-20(16)17)12-4-2-1-3-5-12/h1-10,15,17,19H,11H2/t15-,17?/m0/s1. The zero-order valence-corrected chi connectivity index (χ0v) is 11.7. The summed E-state index contributed by atoms with van der Waals surface area (Å²) in [7, 11) is 0. The molecule has 100 valence electrons. The van der Waals surface area contributed by atoms with Crippen molar-refractivity contribution in [3.8, 4) is 0 Å². The van der Waals surface area contributed by atoms with Crippen LogP contribution in [0.5, 0.6) is 0 Å². The van der Waals surface area contributed by atoms with E-state index in [0.717, 1.165) is 11.6 Å². The van der Waals surface area contributed by atoms with E-state index in [0.29, 0.717) is 6.04 Å². The summed E-state index contributed by atoms with van der Waals surface area (Å²) in [4.78, 5) is 2.41. The first-order valence-corrected chi connectivity index (χ1v) is 7.24. The molecule has 1 saturated heterocycles. The second-order valence-corrected chi connectivity index (χ2v) is 5.73. The summed E-state index contributed by atoms with van der Waals surface area (Å²) in [5, 5.41) is 4.46. The van der Waals surface area contributed by atoms with Gasteiger partial charge in [-0.15, -0.1) is 0 Å². The van der Waals surface area contributed by atoms with Crippen molar-refractivity contribution in [2.45, 2.75) is 12.2 Å². The van der Waals surface area contributed by atoms with Crippen LogP contribution in [0.1, 0.15) is 17.2 Å². The van der Waals surface area contributed by atoms with Crippen molar-refractivity contribution in [3.05, 3.63) is 70.8 Å². The Hall–Kier alpha value is -1.77. The van der Waals surface area contributed by atoms with Crippen LogP contribution in [0.15, 0.2) is 54.6 Å². The Kier molecular flexibility index (Phi) is 2.79. The molecule has 2 atom stereocenters. The number of nitrogens with one attached hydrogen (secondary N) is 1. The third kappa shape index (κ3) is 1.92. The Balaban J connectivity index is 1.68. The van der Waals surface area contributed by atoms with E-state index >= 15 is 0 Å². The van der Waals surface area contributed by atoms with Gasteiger partial charge < -0.3 is 4.90 Å². The van der Waals surface area contributed by atoms with E-state index in [1.807, 2.05) is 12.1 Å². The molecule has 2 heterocycles. The number of halogens is 1. The number of nitrogens with zero attached hydrogens (tertiary/aromatic N) is 1. The number of hydrogen-bond acceptors (Lipinski definition) is 2. The molecular formula is C17H15ClN2. The highest BCUT2D eigenvalue weighted by molar-refractivity contribution is 6.30. The summed E-state index contributed by atoms with van der Waals surface area (Å²) in [6.45, 7) is 0.980. The lowest BCUT2D eigenvalue weighted by molar-refractivity contribution is 0.625. The minimum atomic E-state index is 0.272. The van der Waals surface area contributed by atoms with Crippen molar-refractivity contribution in [2.75, 3.05) is 11.4 Å². The molecule has 2 aromatic rings. The molecular weight excluding hydrogens is 268 g/mol. The molecule has 0 amide bonds. The molecule has 20 heavy (non-hydrogen) atoms. The van der Waals surface area contributed by atoms with Crippen LogP contribution in [0.25, 0.3) is 6.08 Å². The van der Waals surface area contributed by atoms with Gasteiger partial charge in [-0.2, -0.15) is 0 Å². The van der Waals surface area contributed by atoms with E-state index in [2.05, 4.69) is 58.8 Å². The molecule has 0 aromatic heterocycles. The van der Waals surface area contributed by atoms with Gasteiger partial charge in [0.2, 0.25) is 0 Å². The van der Waals surface area contributed by atoms with E-state index in [-0.39, 0.29) is 6.17 Å². The maximum absolute atomic E-state index is 6.08. The molecule has 2 nitrogen and oxygen atoms in total. The Bertz CT molecular complexity index is 666. The first-order valence-electron chi connectivity index (χ1n) is 6.87. The van der Waals surface area contributed by atoms with Crippen LogP contribution in [-0.2, 0) is 0 Å². The predicted octanol–water partition coefficient (Wildman–Crippen LogP) is 3.84. The van der Waals surface area contributed by atoms with Gasteiger partial charge in [-0.25, -0.2) is 0 Å². The van der Waals surface area contributed by atoms with E-state index in [4.69, 9.17) is 11.6 Å². The molecule has 4 rings (SSSR count). The minimum Gasteiger partial charge on any atom is -0.350 e. The summed E-state index contributed by atoms with van der Waals surface area (Å²) >= 11 is 6.08. The Morgan fingerprint density at radius 1 is 1.10 bits per heavy atom. The van der Waals surface area contributed by atoms with Gasteiger partial charge >= 0.3 is 0 Å². The van der Waals surface area contributed by atoms with E-state index in [1.54, 1.807) is 0 Å². The van der Waals surface area contributed by atoms with Crippen LogP contribution < -0.4 is 10.2 Å². The first kappa shape index (κ1) is 12.0. The third-order valence-electron chi connectivity index (χ3n) is 4.05. The molecule has 0 radical (unpaired) electrons. The summed E-state index contributed by atoms with van der Waals surface area (Å²) in [5.41, 5.74) is 3.79. The average molecular weight is 283 g/mol. The summed E-state index contributed by atoms with van der Waals surface area (Å²) in [5.74, 6) is 0. The minimum absolute atomic E-state index is 0.272. The van der Waals surface area contributed by atoms with Gasteiger partial charge in [0.05, 0.1) is 12.2 Å². The lowest BCUT2D eigenvalue weighted by Crippen LogP contribution is -2.35. The van der Waals surface area contributed by atoms with Crippen molar-refractivity contribution in [3.63, 3.8) is 0 Å². The smallest absolute Gasteiger partial charge is 0.0996 e. The Labute approximate surface area is 123 Å². The van der Waals surface area contributed by atoms with Crippen LogP contribution in [0, 0.1) is 0 Å². The topological polar surface area (TPSA) is 15.3 Å². The third-order valence-corrected chi connectivity index (χ3v) is 4.28. The second-order valence-electron chi connectivity index (χ2n) is 5.29. The summed E-state index contributed by atoms with van der Waals surface area (Å²) in [6, 6.07) is 17.1. The first-order chi connectivity index (χ1) is 9.81. The van der Waals surface area contributed by atoms with Crippen molar-refractivity contribution in [1.82, 2.24) is 5.32 Å². The van der Waals surface area contributed by atoms with E-state index in [9.17, 15) is 0 Å². The summed E-state index contributed by atoms with van der Waals surface area (Å²) in [6.07, 6.45) is 4.64. The monoisotopic (exact) mass is 282 g/mol. The number of benzene rings is 2. The second kappa shape index (κ2) is 4.65. The normalized spacial score (nSPS) is 23.6. The Morgan fingerprint density at radius 3 is 2.80 bits per heavy atom. The van der Waals surface area contributed by atoms with Gasteiger partial charge in [0, 0.05) is 17.3 Å². The van der Waals surface area contributed by atoms with Gasteiger partial charge in [0.15, 0.2) is 0 Å². The molecule has 1 N–H and O–H groups in total. The summed E-state index contributed by atoms with van der Waals surface area (Å²) < 4.78 is 0. The quantitative estimate of drug-likeness (QED) is 0.855. The fraction of sp³-hybridized carbons (Fsp3) is 0.176. The van der Waals surface area contributed by atoms with Crippen LogP contribution in [0.2, 0.25) is 5.02 Å². The molecule has 0 saturated carbocycles. The van der Waals surface area contributed by atoms with Crippen molar-refractivity contribution in [2.24, 2.45) is 0 Å². The van der Waals surface area contributed by atoms with E-state index in [1.165, 1.54) is 16.8 Å². The van der Waals surface area contributed by atoms with Crippen molar-refractivity contribution < 1.29 is 0 Å². The highest BCUT2D eigenvalue weighted by Gasteiger charge is 2.33. The fourth-order valence-electron chi connectivity index (χ4n) is 3.07. The van der Waals surface area contributed by atoms with Crippen LogP contribution >= 0.6 is 11.6 Å². The number of hydrogen-bond donors (Lipinski definition) is 1. The predicted molar refractivity (Wildman–Crippen MR) is 83.9 cm³/mol. The van der Waals surface area contributed by atoms with Gasteiger partial charge in [-0.3, -0.25) is 5.32 Å². The van der Waals surface area contributed by atoms with Crippen molar-refractivity contribution in [1.29, 1.82) is 0 Å². The average Bonchev–Trinajstić information content (AvgIpc) is 2.92. The molecule has 2 aliphatic heterocycles. The molecule has 2 aromatic carbocycles. The number of rotatable bonds is 1. The van der Waals surface area contributed by atoms with Crippen LogP contribution in [0.3, 0.4) is 0 Å². The fourth-order valence-corrected chi connectivity index (χ4v) is 3.25. The zero-order valence-electron chi connectivity index (χ0n) is 11.0. The van der Waals surface area contributed by atoms with Crippen molar-refractivity contribution >= 4 is 23.4 Å². The lowest BCUT2D eigenvalue weighted by atomic mass is 10.1. The van der Waals surface area contributed by atoms with Gasteiger partial charge in [-0.05, 0) is 35.4 Å². The molecule has 1 unspecified atom stereocenters. The Morgan fingerprint density at radius 2 is 1.95 bits per heavy atom. The molecule has 1 fully saturated rings. The zero-order chi connectivity index (χ0) is 13.5. The van der Waals surface area contributed by atoms with Crippen LogP contribution in [0.4, 0.5) is 5.69 Å². The van der Waals surface area contributed by atoms with Gasteiger partial charge in [0.1, 0.15) is 0 Å². The molecule has 0 bridgehead atoms. The number of anilines is 1. The SMILES string of the molecule is Clc1ccc2c(c1)C=CC1N[C@H](c3ccccc3)CN21. The maximum atomic E-state index is 6.08. The maximum Gasteiger partial charge on any atom is 0.0996 e. The highest BCUT2D eigenvalue weighted by Crippen LogP contribution is 2.35. The molecule has 0 spiro atoms. The van der Waals surface area contributed by atoms with Gasteiger partial charge in [-0.1, -0.05) is 48.0 Å². The van der Waals surface area contributed by atoms with Gasteiger partial charge in [0.25, 0.3) is 0 Å². The van der Waals surface area contributed by atoms with Crippen LogP contribution in [-0.4, -0.2) is 12.7 Å². The number of fused-ring (bicyclic) bond motifs is 3. The molecule has 3 heteroatoms. The van der Waals surface area contributed by atoms with E-state index < -0.39 is 0 Å². The molecule has 2 aliphatic rings. The highest BCUT2D eigenvalue weighted by atomic mass is 35.5.